The van der Waals surface area contributed by atoms with Crippen molar-refractivity contribution in [2.45, 2.75) is 187 Å². The number of hydrogen-bond donors (Lipinski definition) is 0. The van der Waals surface area contributed by atoms with Crippen molar-refractivity contribution in [1.82, 2.24) is 4.90 Å². The number of fused-ring (bicyclic) bond motifs is 4. The van der Waals surface area contributed by atoms with E-state index in [2.05, 4.69) is 60.5 Å². The Morgan fingerprint density at radius 2 is 1.39 bits per heavy atom. The molecular weight excluding hydrogens is 582 g/mol. The highest BCUT2D eigenvalue weighted by Gasteiger charge is 2.47. The molecular formula is C38H67NO7. The summed E-state index contributed by atoms with van der Waals surface area (Å²) in [5.41, 5.74) is 0. The van der Waals surface area contributed by atoms with Gasteiger partial charge in [0.2, 0.25) is 0 Å². The third-order valence-electron chi connectivity index (χ3n) is 12.1. The van der Waals surface area contributed by atoms with Crippen molar-refractivity contribution in [1.29, 1.82) is 0 Å². The molecule has 14 atom stereocenters. The first-order chi connectivity index (χ1) is 22.0. The molecule has 0 aromatic heterocycles. The Hall–Kier alpha value is -1.22. The van der Waals surface area contributed by atoms with Gasteiger partial charge in [-0.15, -0.1) is 0 Å². The van der Waals surface area contributed by atoms with Crippen LogP contribution in [-0.4, -0.2) is 85.8 Å². The van der Waals surface area contributed by atoms with Crippen molar-refractivity contribution < 1.29 is 33.3 Å². The first-order valence-corrected chi connectivity index (χ1v) is 19.1. The number of carbonyl (C=O) groups is 2. The van der Waals surface area contributed by atoms with Crippen LogP contribution in [0, 0.1) is 29.6 Å². The maximum Gasteiger partial charge on any atom is 0.311 e. The summed E-state index contributed by atoms with van der Waals surface area (Å²) in [4.78, 5) is 30.0. The van der Waals surface area contributed by atoms with Crippen molar-refractivity contribution in [3.63, 3.8) is 0 Å². The van der Waals surface area contributed by atoms with E-state index < -0.39 is 0 Å². The van der Waals surface area contributed by atoms with Gasteiger partial charge >= 0.3 is 11.9 Å². The number of hydrogen-bond acceptors (Lipinski definition) is 8. The Morgan fingerprint density at radius 1 is 0.739 bits per heavy atom. The lowest BCUT2D eigenvalue weighted by molar-refractivity contribution is -0.178. The maximum atomic E-state index is 14.0. The largest absolute Gasteiger partial charge is 0.462 e. The smallest absolute Gasteiger partial charge is 0.311 e. The normalized spacial score (nSPS) is 40.6. The first-order valence-electron chi connectivity index (χ1n) is 19.1. The van der Waals surface area contributed by atoms with Gasteiger partial charge in [-0.2, -0.15) is 0 Å². The summed E-state index contributed by atoms with van der Waals surface area (Å²) in [5, 5.41) is 0. The van der Waals surface area contributed by atoms with Gasteiger partial charge < -0.3 is 28.6 Å². The van der Waals surface area contributed by atoms with Crippen LogP contribution in [0.1, 0.15) is 132 Å². The number of rotatable bonds is 11. The van der Waals surface area contributed by atoms with E-state index in [1.54, 1.807) is 0 Å². The minimum Gasteiger partial charge on any atom is -0.462 e. The molecule has 4 aliphatic rings. The van der Waals surface area contributed by atoms with Crippen LogP contribution in [0.25, 0.3) is 0 Å². The van der Waals surface area contributed by atoms with Crippen LogP contribution in [0.3, 0.4) is 0 Å². The SMILES string of the molecule is CCC[C@H](C[C@@H]1CC[C@H]([C@@H](CC)[C@@H]2OC(=O)[C@@H](C)[C@H]3CC[C@H](O3)[C@@H](C)[C@@H](CCC)OC(=O)[C@H](CC)[C@H]3CC[C@H](O3)[C@H]2C)O1)N(C)C. The summed E-state index contributed by atoms with van der Waals surface area (Å²) in [6.07, 6.45) is 11.1. The molecule has 0 saturated carbocycles. The fourth-order valence-corrected chi connectivity index (χ4v) is 8.93. The number of ether oxygens (including phenoxy) is 5. The van der Waals surface area contributed by atoms with Crippen LogP contribution in [-0.2, 0) is 33.3 Å². The third kappa shape index (κ3) is 8.87. The van der Waals surface area contributed by atoms with Crippen LogP contribution in [0.2, 0.25) is 0 Å². The molecule has 8 nitrogen and oxygen atoms in total. The number of carbonyl (C=O) groups excluding carboxylic acids is 2. The zero-order valence-electron chi connectivity index (χ0n) is 30.6. The monoisotopic (exact) mass is 649 g/mol. The van der Waals surface area contributed by atoms with Crippen molar-refractivity contribution in [2.75, 3.05) is 14.1 Å². The predicted octanol–water partition coefficient (Wildman–Crippen LogP) is 7.35. The van der Waals surface area contributed by atoms with Gasteiger partial charge in [-0.3, -0.25) is 9.59 Å². The van der Waals surface area contributed by atoms with Gasteiger partial charge in [-0.05, 0) is 91.6 Å². The topological polar surface area (TPSA) is 83.5 Å². The Morgan fingerprint density at radius 3 is 2.02 bits per heavy atom. The summed E-state index contributed by atoms with van der Waals surface area (Å²) >= 11 is 0. The molecule has 46 heavy (non-hydrogen) atoms. The number of cyclic esters (lactones) is 2. The second-order valence-electron chi connectivity index (χ2n) is 15.4. The van der Waals surface area contributed by atoms with Crippen molar-refractivity contribution in [3.05, 3.63) is 0 Å². The summed E-state index contributed by atoms with van der Waals surface area (Å²) in [5.74, 6) is -0.908. The molecule has 4 bridgehead atoms. The minimum atomic E-state index is -0.377. The lowest BCUT2D eigenvalue weighted by Gasteiger charge is -2.38. The molecule has 4 rings (SSSR count). The van der Waals surface area contributed by atoms with Gasteiger partial charge in [0.1, 0.15) is 12.2 Å². The standard InChI is InChI=1S/C38H67NO7/c1-10-14-26(39(8)9)22-27-16-17-34(42-27)28(12-3)36-24(6)32-20-21-35(44-32)29(13-4)38(41)45-30(15-11-2)23(5)31-18-19-33(43-31)25(7)37(40)46-36/h23-36H,10-22H2,1-9H3/t23-,24+,25-,26+,27-,28+,29+,30+,31-,32-,33+,34+,35+,36+/m0/s1. The fraction of sp³-hybridized carbons (Fsp3) is 0.947. The predicted molar refractivity (Wildman–Crippen MR) is 180 cm³/mol. The molecule has 266 valence electrons. The van der Waals surface area contributed by atoms with E-state index >= 15 is 0 Å². The van der Waals surface area contributed by atoms with E-state index in [1.165, 1.54) is 6.42 Å². The van der Waals surface area contributed by atoms with Crippen LogP contribution in [0.15, 0.2) is 0 Å². The van der Waals surface area contributed by atoms with Gasteiger partial charge in [-0.1, -0.05) is 54.4 Å². The second-order valence-corrected chi connectivity index (χ2v) is 15.4. The van der Waals surface area contributed by atoms with Crippen molar-refractivity contribution >= 4 is 11.9 Å². The van der Waals surface area contributed by atoms with E-state index in [4.69, 9.17) is 23.7 Å². The maximum absolute atomic E-state index is 14.0. The molecule has 0 N–H and O–H groups in total. The minimum absolute atomic E-state index is 0.0325. The summed E-state index contributed by atoms with van der Waals surface area (Å²) in [6, 6.07) is 0.506. The molecule has 0 spiro atoms. The van der Waals surface area contributed by atoms with E-state index in [1.807, 2.05) is 6.92 Å². The molecule has 4 heterocycles. The Bertz CT molecular complexity index is 959. The van der Waals surface area contributed by atoms with Crippen LogP contribution < -0.4 is 0 Å². The molecule has 0 aromatic rings. The molecule has 8 heteroatoms. The van der Waals surface area contributed by atoms with Gasteiger partial charge in [0.05, 0.1) is 48.5 Å². The van der Waals surface area contributed by atoms with Gasteiger partial charge in [0.15, 0.2) is 0 Å². The molecule has 0 aliphatic carbocycles. The average Bonchev–Trinajstić information content (AvgIpc) is 3.81. The lowest BCUT2D eigenvalue weighted by atomic mass is 9.81. The molecule has 0 radical (unpaired) electrons. The van der Waals surface area contributed by atoms with Crippen LogP contribution in [0.4, 0.5) is 0 Å². The summed E-state index contributed by atoms with van der Waals surface area (Å²) in [6.45, 7) is 14.9. The van der Waals surface area contributed by atoms with Crippen LogP contribution >= 0.6 is 0 Å². The van der Waals surface area contributed by atoms with Gasteiger partial charge in [-0.25, -0.2) is 0 Å². The highest BCUT2D eigenvalue weighted by Crippen LogP contribution is 2.41. The first kappa shape index (κ1) is 37.6. The second kappa shape index (κ2) is 17.4. The quantitative estimate of drug-likeness (QED) is 0.215. The molecule has 4 aliphatic heterocycles. The van der Waals surface area contributed by atoms with Crippen molar-refractivity contribution in [2.24, 2.45) is 29.6 Å². The van der Waals surface area contributed by atoms with E-state index in [0.29, 0.717) is 12.5 Å². The van der Waals surface area contributed by atoms with E-state index in [9.17, 15) is 9.59 Å². The van der Waals surface area contributed by atoms with Crippen LogP contribution in [0.5, 0.6) is 0 Å². The zero-order valence-corrected chi connectivity index (χ0v) is 30.6. The molecule has 0 aromatic carbocycles. The lowest BCUT2D eigenvalue weighted by Crippen LogP contribution is -2.45. The Kier molecular flexibility index (Phi) is 14.3. The molecule has 0 amide bonds. The summed E-state index contributed by atoms with van der Waals surface area (Å²) in [7, 11) is 4.33. The van der Waals surface area contributed by atoms with Crippen molar-refractivity contribution in [3.8, 4) is 0 Å². The number of nitrogens with zero attached hydrogens (tertiary/aromatic N) is 1. The van der Waals surface area contributed by atoms with Gasteiger partial charge in [0, 0.05) is 23.8 Å². The average molecular weight is 650 g/mol. The highest BCUT2D eigenvalue weighted by atomic mass is 16.6. The Labute approximate surface area is 280 Å². The third-order valence-corrected chi connectivity index (χ3v) is 12.1. The number of esters is 2. The Balaban J connectivity index is 1.58. The summed E-state index contributed by atoms with van der Waals surface area (Å²) < 4.78 is 33.0. The zero-order chi connectivity index (χ0) is 33.5. The molecule has 4 fully saturated rings. The van der Waals surface area contributed by atoms with Gasteiger partial charge in [0.25, 0.3) is 0 Å². The molecule has 0 unspecified atom stereocenters. The van der Waals surface area contributed by atoms with E-state index in [-0.39, 0.29) is 90.4 Å². The van der Waals surface area contributed by atoms with E-state index in [0.717, 1.165) is 70.6 Å². The fourth-order valence-electron chi connectivity index (χ4n) is 8.93. The molecule has 4 saturated heterocycles. The highest BCUT2D eigenvalue weighted by molar-refractivity contribution is 5.73.